The van der Waals surface area contributed by atoms with Crippen molar-refractivity contribution in [3.63, 3.8) is 0 Å². The zero-order chi connectivity index (χ0) is 11.4. The van der Waals surface area contributed by atoms with E-state index in [-0.39, 0.29) is 0 Å². The smallest absolute Gasteiger partial charge is 0.0529 e. The van der Waals surface area contributed by atoms with Crippen LogP contribution in [0.5, 0.6) is 0 Å². The zero-order valence-corrected chi connectivity index (χ0v) is 9.83. The van der Waals surface area contributed by atoms with E-state index in [1.54, 1.807) is 6.20 Å². The summed E-state index contributed by atoms with van der Waals surface area (Å²) in [7, 11) is 0. The first kappa shape index (κ1) is 11.0. The molecule has 0 atom stereocenters. The minimum Gasteiger partial charge on any atom is -0.380 e. The molecule has 0 amide bonds. The summed E-state index contributed by atoms with van der Waals surface area (Å²) < 4.78 is 0. The van der Waals surface area contributed by atoms with Gasteiger partial charge in [0.05, 0.1) is 5.69 Å². The number of nitrogens with zero attached hydrogens (tertiary/aromatic N) is 1. The van der Waals surface area contributed by atoms with E-state index in [0.717, 1.165) is 17.3 Å². The number of halogens is 1. The topological polar surface area (TPSA) is 24.9 Å². The molecule has 0 aliphatic heterocycles. The molecule has 1 aromatic heterocycles. The summed E-state index contributed by atoms with van der Waals surface area (Å²) in [6, 6.07) is 9.84. The Kier molecular flexibility index (Phi) is 3.42. The summed E-state index contributed by atoms with van der Waals surface area (Å²) in [5.41, 5.74) is 3.47. The largest absolute Gasteiger partial charge is 0.380 e. The predicted molar refractivity (Wildman–Crippen MR) is 67.8 cm³/mol. The average molecular weight is 233 g/mol. The van der Waals surface area contributed by atoms with E-state index in [0.29, 0.717) is 0 Å². The highest BCUT2D eigenvalue weighted by atomic mass is 35.5. The van der Waals surface area contributed by atoms with Gasteiger partial charge >= 0.3 is 0 Å². The summed E-state index contributed by atoms with van der Waals surface area (Å²) in [5, 5.41) is 4.10. The normalized spacial score (nSPS) is 10.1. The number of nitrogens with one attached hydrogen (secondary N) is 1. The van der Waals surface area contributed by atoms with E-state index in [4.69, 9.17) is 11.6 Å². The molecule has 0 radical (unpaired) electrons. The van der Waals surface area contributed by atoms with Crippen molar-refractivity contribution in [3.8, 4) is 0 Å². The number of rotatable bonds is 3. The Balaban J connectivity index is 2.05. The van der Waals surface area contributed by atoms with Crippen molar-refractivity contribution < 1.29 is 0 Å². The van der Waals surface area contributed by atoms with Crippen molar-refractivity contribution in [3.05, 3.63) is 58.9 Å². The van der Waals surface area contributed by atoms with Gasteiger partial charge in [-0.1, -0.05) is 17.7 Å². The summed E-state index contributed by atoms with van der Waals surface area (Å²) in [6.07, 6.45) is 3.57. The first-order valence-electron chi connectivity index (χ1n) is 5.14. The molecule has 0 aliphatic carbocycles. The van der Waals surface area contributed by atoms with Gasteiger partial charge in [0, 0.05) is 24.0 Å². The van der Waals surface area contributed by atoms with Crippen molar-refractivity contribution >= 4 is 17.3 Å². The average Bonchev–Trinajstić information content (AvgIpc) is 2.29. The van der Waals surface area contributed by atoms with Gasteiger partial charge in [-0.25, -0.2) is 0 Å². The minimum absolute atomic E-state index is 0.780. The molecule has 0 aliphatic rings. The Morgan fingerprint density at radius 3 is 2.88 bits per heavy atom. The maximum Gasteiger partial charge on any atom is 0.0529 e. The third-order valence-corrected chi connectivity index (χ3v) is 2.68. The predicted octanol–water partition coefficient (Wildman–Crippen LogP) is 3.66. The first-order chi connectivity index (χ1) is 7.75. The second-order valence-electron chi connectivity index (χ2n) is 3.67. The number of aryl methyl sites for hydroxylation is 1. The van der Waals surface area contributed by atoms with E-state index >= 15 is 0 Å². The van der Waals surface area contributed by atoms with Gasteiger partial charge in [-0.2, -0.15) is 0 Å². The van der Waals surface area contributed by atoms with Crippen LogP contribution in [0, 0.1) is 6.92 Å². The number of anilines is 1. The summed E-state index contributed by atoms with van der Waals surface area (Å²) in [5.74, 6) is 0. The molecule has 1 aromatic carbocycles. The summed E-state index contributed by atoms with van der Waals surface area (Å²) >= 11 is 5.90. The van der Waals surface area contributed by atoms with Gasteiger partial charge in [0.15, 0.2) is 0 Å². The number of hydrogen-bond donors (Lipinski definition) is 1. The fourth-order valence-electron chi connectivity index (χ4n) is 1.52. The van der Waals surface area contributed by atoms with E-state index in [9.17, 15) is 0 Å². The zero-order valence-electron chi connectivity index (χ0n) is 9.07. The maximum absolute atomic E-state index is 5.90. The second kappa shape index (κ2) is 4.99. The standard InChI is InChI=1S/C13H13ClN2/c1-10-7-12(14)5-4-11(10)8-16-13-3-2-6-15-9-13/h2-7,9,16H,8H2,1H3. The lowest BCUT2D eigenvalue weighted by Gasteiger charge is -2.08. The Hall–Kier alpha value is -1.54. The van der Waals surface area contributed by atoms with Gasteiger partial charge < -0.3 is 5.32 Å². The Morgan fingerprint density at radius 2 is 2.19 bits per heavy atom. The van der Waals surface area contributed by atoms with Gasteiger partial charge in [0.2, 0.25) is 0 Å². The molecule has 1 heterocycles. The summed E-state index contributed by atoms with van der Waals surface area (Å²) in [6.45, 7) is 2.85. The summed E-state index contributed by atoms with van der Waals surface area (Å²) in [4.78, 5) is 4.05. The van der Waals surface area contributed by atoms with Gasteiger partial charge in [-0.05, 0) is 42.3 Å². The quantitative estimate of drug-likeness (QED) is 0.874. The third kappa shape index (κ3) is 2.74. The molecular formula is C13H13ClN2. The number of pyridine rings is 1. The van der Waals surface area contributed by atoms with Crippen LogP contribution in [0.4, 0.5) is 5.69 Å². The highest BCUT2D eigenvalue weighted by Gasteiger charge is 1.99. The molecular weight excluding hydrogens is 220 g/mol. The van der Waals surface area contributed by atoms with E-state index in [1.807, 2.05) is 36.5 Å². The van der Waals surface area contributed by atoms with Crippen LogP contribution in [0.25, 0.3) is 0 Å². The van der Waals surface area contributed by atoms with Gasteiger partial charge in [0.25, 0.3) is 0 Å². The highest BCUT2D eigenvalue weighted by molar-refractivity contribution is 6.30. The van der Waals surface area contributed by atoms with Crippen molar-refractivity contribution in [2.45, 2.75) is 13.5 Å². The van der Waals surface area contributed by atoms with Gasteiger partial charge in [-0.15, -0.1) is 0 Å². The fraction of sp³-hybridized carbons (Fsp3) is 0.154. The number of hydrogen-bond acceptors (Lipinski definition) is 2. The molecule has 0 spiro atoms. The molecule has 2 aromatic rings. The Morgan fingerprint density at radius 1 is 1.31 bits per heavy atom. The Labute approximate surface area is 100 Å². The maximum atomic E-state index is 5.90. The molecule has 1 N–H and O–H groups in total. The van der Waals surface area contributed by atoms with Crippen LogP contribution < -0.4 is 5.32 Å². The van der Waals surface area contributed by atoms with Gasteiger partial charge in [0.1, 0.15) is 0 Å². The monoisotopic (exact) mass is 232 g/mol. The molecule has 16 heavy (non-hydrogen) atoms. The molecule has 0 fully saturated rings. The number of benzene rings is 1. The second-order valence-corrected chi connectivity index (χ2v) is 4.10. The molecule has 2 nitrogen and oxygen atoms in total. The van der Waals surface area contributed by atoms with Crippen LogP contribution in [0.2, 0.25) is 5.02 Å². The van der Waals surface area contributed by atoms with Crippen LogP contribution in [-0.2, 0) is 6.54 Å². The van der Waals surface area contributed by atoms with E-state index in [1.165, 1.54) is 11.1 Å². The van der Waals surface area contributed by atoms with Crippen molar-refractivity contribution in [1.82, 2.24) is 4.98 Å². The molecule has 3 heteroatoms. The Bertz CT molecular complexity index is 469. The van der Waals surface area contributed by atoms with Gasteiger partial charge in [-0.3, -0.25) is 4.98 Å². The molecule has 0 saturated carbocycles. The lowest BCUT2D eigenvalue weighted by atomic mass is 10.1. The lowest BCUT2D eigenvalue weighted by molar-refractivity contribution is 1.11. The minimum atomic E-state index is 0.780. The van der Waals surface area contributed by atoms with Crippen molar-refractivity contribution in [1.29, 1.82) is 0 Å². The van der Waals surface area contributed by atoms with Crippen LogP contribution in [0.1, 0.15) is 11.1 Å². The fourth-order valence-corrected chi connectivity index (χ4v) is 1.75. The van der Waals surface area contributed by atoms with Crippen LogP contribution >= 0.6 is 11.6 Å². The highest BCUT2D eigenvalue weighted by Crippen LogP contribution is 2.16. The SMILES string of the molecule is Cc1cc(Cl)ccc1CNc1cccnc1. The number of aromatic nitrogens is 1. The third-order valence-electron chi connectivity index (χ3n) is 2.45. The lowest BCUT2D eigenvalue weighted by Crippen LogP contribution is -2.01. The van der Waals surface area contributed by atoms with Crippen LogP contribution in [0.15, 0.2) is 42.7 Å². The van der Waals surface area contributed by atoms with E-state index < -0.39 is 0 Å². The first-order valence-corrected chi connectivity index (χ1v) is 5.52. The molecule has 0 unspecified atom stereocenters. The molecule has 0 bridgehead atoms. The molecule has 0 saturated heterocycles. The van der Waals surface area contributed by atoms with Crippen LogP contribution in [-0.4, -0.2) is 4.98 Å². The van der Waals surface area contributed by atoms with Crippen LogP contribution in [0.3, 0.4) is 0 Å². The molecule has 82 valence electrons. The van der Waals surface area contributed by atoms with Crippen molar-refractivity contribution in [2.24, 2.45) is 0 Å². The van der Waals surface area contributed by atoms with E-state index in [2.05, 4.69) is 17.2 Å². The van der Waals surface area contributed by atoms with Crippen molar-refractivity contribution in [2.75, 3.05) is 5.32 Å². The molecule has 2 rings (SSSR count).